The Morgan fingerprint density at radius 2 is 2.11 bits per heavy atom. The summed E-state index contributed by atoms with van der Waals surface area (Å²) in [7, 11) is 0. The molecule has 102 valence electrons. The normalized spacial score (nSPS) is 22.2. The molecule has 1 aliphatic carbocycles. The minimum absolute atomic E-state index is 0.0895. The Bertz CT molecular complexity index is 521. The molecule has 2 atom stereocenters. The monoisotopic (exact) mass is 345 g/mol. The van der Waals surface area contributed by atoms with E-state index in [9.17, 15) is 9.59 Å². The van der Waals surface area contributed by atoms with Gasteiger partial charge < -0.3 is 10.4 Å². The largest absolute Gasteiger partial charge is 0.481 e. The number of carbonyl (C=O) groups is 2. The topological polar surface area (TPSA) is 66.4 Å². The maximum Gasteiger partial charge on any atom is 0.306 e. The first-order chi connectivity index (χ1) is 8.97. The number of carboxylic acid groups (broad SMARTS) is 1. The van der Waals surface area contributed by atoms with Gasteiger partial charge in [0.25, 0.3) is 5.91 Å². The van der Waals surface area contributed by atoms with E-state index in [0.29, 0.717) is 29.8 Å². The molecule has 0 aliphatic heterocycles. The smallest absolute Gasteiger partial charge is 0.306 e. The fraction of sp³-hybridized carbons (Fsp3) is 0.385. The number of carbonyl (C=O) groups excluding carboxylic acids is 1. The molecule has 0 heterocycles. The summed E-state index contributed by atoms with van der Waals surface area (Å²) < 4.78 is 0.806. The van der Waals surface area contributed by atoms with Gasteiger partial charge in [-0.25, -0.2) is 0 Å². The predicted octanol–water partition coefficient (Wildman–Crippen LogP) is 3.09. The van der Waals surface area contributed by atoms with Crippen molar-refractivity contribution >= 4 is 39.4 Å². The Morgan fingerprint density at radius 1 is 1.37 bits per heavy atom. The number of hydrogen-bond donors (Lipinski definition) is 2. The molecule has 0 spiro atoms. The Hall–Kier alpha value is -1.07. The zero-order chi connectivity index (χ0) is 14.0. The number of hydrogen-bond acceptors (Lipinski definition) is 2. The van der Waals surface area contributed by atoms with Gasteiger partial charge >= 0.3 is 5.97 Å². The highest BCUT2D eigenvalue weighted by Crippen LogP contribution is 2.27. The highest BCUT2D eigenvalue weighted by Gasteiger charge is 2.30. The fourth-order valence-electron chi connectivity index (χ4n) is 2.27. The van der Waals surface area contributed by atoms with Crippen LogP contribution in [0.3, 0.4) is 0 Å². The van der Waals surface area contributed by atoms with Crippen LogP contribution >= 0.6 is 27.5 Å². The summed E-state index contributed by atoms with van der Waals surface area (Å²) in [5, 5.41) is 12.1. The molecule has 1 amide bonds. The molecule has 1 aromatic rings. The van der Waals surface area contributed by atoms with Crippen molar-refractivity contribution in [2.75, 3.05) is 0 Å². The number of carboxylic acids is 1. The van der Waals surface area contributed by atoms with Gasteiger partial charge in [-0.3, -0.25) is 9.59 Å². The number of halogens is 2. The van der Waals surface area contributed by atoms with Crippen molar-refractivity contribution in [3.8, 4) is 0 Å². The molecular weight excluding hydrogens is 334 g/mol. The van der Waals surface area contributed by atoms with Crippen LogP contribution in [0.4, 0.5) is 0 Å². The highest BCUT2D eigenvalue weighted by molar-refractivity contribution is 9.10. The Balaban J connectivity index is 2.00. The third kappa shape index (κ3) is 3.48. The van der Waals surface area contributed by atoms with E-state index in [4.69, 9.17) is 16.7 Å². The number of aliphatic carboxylic acids is 1. The van der Waals surface area contributed by atoms with Gasteiger partial charge in [0.05, 0.1) is 16.5 Å². The molecule has 0 unspecified atom stereocenters. The molecule has 0 saturated heterocycles. The molecular formula is C13H13BrClNO3. The first-order valence-corrected chi connectivity index (χ1v) is 7.13. The fourth-order valence-corrected chi connectivity index (χ4v) is 3.03. The molecule has 1 saturated carbocycles. The lowest BCUT2D eigenvalue weighted by molar-refractivity contribution is -0.141. The van der Waals surface area contributed by atoms with Crippen molar-refractivity contribution in [2.45, 2.75) is 25.3 Å². The van der Waals surface area contributed by atoms with E-state index in [1.54, 1.807) is 18.2 Å². The van der Waals surface area contributed by atoms with E-state index in [1.807, 2.05) is 0 Å². The van der Waals surface area contributed by atoms with E-state index in [2.05, 4.69) is 21.2 Å². The number of amides is 1. The van der Waals surface area contributed by atoms with Crippen molar-refractivity contribution in [1.82, 2.24) is 5.32 Å². The second kappa shape index (κ2) is 5.92. The maximum absolute atomic E-state index is 12.1. The molecule has 0 aromatic heterocycles. The van der Waals surface area contributed by atoms with Crippen molar-refractivity contribution in [3.05, 3.63) is 33.3 Å². The van der Waals surface area contributed by atoms with E-state index in [0.717, 1.165) is 4.47 Å². The Labute approximate surface area is 124 Å². The van der Waals surface area contributed by atoms with E-state index in [-0.39, 0.29) is 17.9 Å². The minimum Gasteiger partial charge on any atom is -0.481 e. The van der Waals surface area contributed by atoms with Gasteiger partial charge in [-0.15, -0.1) is 0 Å². The molecule has 1 aliphatic rings. The van der Waals surface area contributed by atoms with E-state index < -0.39 is 5.97 Å². The van der Waals surface area contributed by atoms with Crippen LogP contribution in [0.1, 0.15) is 29.6 Å². The number of rotatable bonds is 3. The lowest BCUT2D eigenvalue weighted by Crippen LogP contribution is -2.33. The Kier molecular flexibility index (Phi) is 4.47. The zero-order valence-corrected chi connectivity index (χ0v) is 12.4. The Morgan fingerprint density at radius 3 is 2.68 bits per heavy atom. The summed E-state index contributed by atoms with van der Waals surface area (Å²) in [6.45, 7) is 0. The summed E-state index contributed by atoms with van der Waals surface area (Å²) in [4.78, 5) is 22.9. The van der Waals surface area contributed by atoms with E-state index >= 15 is 0 Å². The summed E-state index contributed by atoms with van der Waals surface area (Å²) in [5.41, 5.74) is 0.406. The average Bonchev–Trinajstić information content (AvgIpc) is 2.77. The molecule has 2 rings (SSSR count). The summed E-state index contributed by atoms with van der Waals surface area (Å²) in [6.07, 6.45) is 1.78. The lowest BCUT2D eigenvalue weighted by Gasteiger charge is -2.13. The molecule has 1 aromatic carbocycles. The van der Waals surface area contributed by atoms with Crippen LogP contribution in [0, 0.1) is 5.92 Å². The van der Waals surface area contributed by atoms with Crippen molar-refractivity contribution in [2.24, 2.45) is 5.92 Å². The van der Waals surface area contributed by atoms with Crippen LogP contribution < -0.4 is 5.32 Å². The first kappa shape index (κ1) is 14.3. The molecule has 1 fully saturated rings. The average molecular weight is 347 g/mol. The second-order valence-corrected chi connectivity index (χ2v) is 5.97. The summed E-state index contributed by atoms with van der Waals surface area (Å²) in [6, 6.07) is 4.96. The summed E-state index contributed by atoms with van der Waals surface area (Å²) >= 11 is 9.28. The van der Waals surface area contributed by atoms with Crippen molar-refractivity contribution in [3.63, 3.8) is 0 Å². The quantitative estimate of drug-likeness (QED) is 0.884. The molecule has 6 heteroatoms. The van der Waals surface area contributed by atoms with Crippen molar-refractivity contribution in [1.29, 1.82) is 0 Å². The lowest BCUT2D eigenvalue weighted by atomic mass is 10.1. The third-order valence-electron chi connectivity index (χ3n) is 3.29. The summed E-state index contributed by atoms with van der Waals surface area (Å²) in [5.74, 6) is -1.40. The van der Waals surface area contributed by atoms with Gasteiger partial charge in [0.15, 0.2) is 0 Å². The van der Waals surface area contributed by atoms with Crippen LogP contribution in [0.15, 0.2) is 22.7 Å². The van der Waals surface area contributed by atoms with Crippen LogP contribution in [0.25, 0.3) is 0 Å². The van der Waals surface area contributed by atoms with Crippen LogP contribution in [0.2, 0.25) is 5.02 Å². The molecule has 0 bridgehead atoms. The van der Waals surface area contributed by atoms with Gasteiger partial charge in [0.2, 0.25) is 0 Å². The first-order valence-electron chi connectivity index (χ1n) is 5.96. The van der Waals surface area contributed by atoms with Gasteiger partial charge in [-0.1, -0.05) is 27.5 Å². The molecule has 19 heavy (non-hydrogen) atoms. The number of nitrogens with one attached hydrogen (secondary N) is 1. The predicted molar refractivity (Wildman–Crippen MR) is 75.4 cm³/mol. The van der Waals surface area contributed by atoms with Crippen LogP contribution in [-0.4, -0.2) is 23.0 Å². The zero-order valence-electron chi connectivity index (χ0n) is 10.0. The standard InChI is InChI=1S/C13H13BrClNO3/c14-8-2-4-10(11(15)6-8)12(17)16-9-3-1-7(5-9)13(18)19/h2,4,6-7,9H,1,3,5H2,(H,16,17)(H,18,19)/t7-,9+/m0/s1. The van der Waals surface area contributed by atoms with Crippen LogP contribution in [-0.2, 0) is 4.79 Å². The van der Waals surface area contributed by atoms with Gasteiger partial charge in [-0.2, -0.15) is 0 Å². The van der Waals surface area contributed by atoms with E-state index in [1.165, 1.54) is 0 Å². The third-order valence-corrected chi connectivity index (χ3v) is 4.10. The number of benzene rings is 1. The minimum atomic E-state index is -0.793. The van der Waals surface area contributed by atoms with Gasteiger partial charge in [0, 0.05) is 10.5 Å². The second-order valence-electron chi connectivity index (χ2n) is 4.64. The van der Waals surface area contributed by atoms with Crippen molar-refractivity contribution < 1.29 is 14.7 Å². The van der Waals surface area contributed by atoms with Gasteiger partial charge in [-0.05, 0) is 37.5 Å². The van der Waals surface area contributed by atoms with Gasteiger partial charge in [0.1, 0.15) is 0 Å². The highest BCUT2D eigenvalue weighted by atomic mass is 79.9. The molecule has 2 N–H and O–H groups in total. The molecule has 4 nitrogen and oxygen atoms in total. The maximum atomic E-state index is 12.1. The molecule has 0 radical (unpaired) electrons. The SMILES string of the molecule is O=C(N[C@@H]1CC[C@H](C(=O)O)C1)c1ccc(Br)cc1Cl. The van der Waals surface area contributed by atoms with Crippen LogP contribution in [0.5, 0.6) is 0 Å².